The van der Waals surface area contributed by atoms with E-state index >= 15 is 0 Å². The quantitative estimate of drug-likeness (QED) is 0.887. The molecule has 2 aliphatic heterocycles. The molecule has 4 heterocycles. The summed E-state index contributed by atoms with van der Waals surface area (Å²) in [6.45, 7) is 10.3. The number of nitrogens with one attached hydrogen (secondary N) is 1. The molecule has 0 unspecified atom stereocenters. The van der Waals surface area contributed by atoms with Gasteiger partial charge in [0.2, 0.25) is 0 Å². The van der Waals surface area contributed by atoms with Gasteiger partial charge in [0.1, 0.15) is 4.83 Å². The van der Waals surface area contributed by atoms with Crippen molar-refractivity contribution in [3.8, 4) is 0 Å². The fourth-order valence-electron chi connectivity index (χ4n) is 4.04. The van der Waals surface area contributed by atoms with Crippen LogP contribution in [0, 0.1) is 11.8 Å². The van der Waals surface area contributed by atoms with Gasteiger partial charge in [-0.15, -0.1) is 11.3 Å². The maximum Gasteiger partial charge on any atom is 0.264 e. The van der Waals surface area contributed by atoms with Gasteiger partial charge >= 0.3 is 0 Å². The third kappa shape index (κ3) is 3.29. The molecule has 2 atom stereocenters. The van der Waals surface area contributed by atoms with Crippen molar-refractivity contribution in [3.63, 3.8) is 0 Å². The minimum atomic E-state index is 0.201. The van der Waals surface area contributed by atoms with Crippen LogP contribution in [0.25, 0.3) is 9.53 Å². The van der Waals surface area contributed by atoms with Crippen LogP contribution in [0.5, 0.6) is 0 Å². The highest BCUT2D eigenvalue weighted by atomic mass is 32.1. The number of rotatable bonds is 4. The molecule has 25 heavy (non-hydrogen) atoms. The Morgan fingerprint density at radius 1 is 1.24 bits per heavy atom. The zero-order valence-electron chi connectivity index (χ0n) is 15.0. The molecule has 2 aromatic rings. The Balaban J connectivity index is 1.49. The lowest BCUT2D eigenvalue weighted by Crippen LogP contribution is -2.32. The summed E-state index contributed by atoms with van der Waals surface area (Å²) in [4.78, 5) is 23.9. The van der Waals surface area contributed by atoms with E-state index in [0.29, 0.717) is 0 Å². The predicted molar refractivity (Wildman–Crippen MR) is 106 cm³/mol. The fraction of sp³-hybridized carbons (Fsp3) is 0.667. The fourth-order valence-corrected chi connectivity index (χ4v) is 6.34. The Hall–Kier alpha value is -1.18. The second-order valence-electron chi connectivity index (χ2n) is 7.00. The Labute approximate surface area is 157 Å². The molecule has 4 rings (SSSR count). The summed E-state index contributed by atoms with van der Waals surface area (Å²) >= 11 is 3.26. The van der Waals surface area contributed by atoms with E-state index in [1.165, 1.54) is 0 Å². The van der Waals surface area contributed by atoms with Gasteiger partial charge in [-0.1, -0.05) is 11.3 Å². The van der Waals surface area contributed by atoms with E-state index in [9.17, 15) is 4.79 Å². The molecule has 0 saturated carbocycles. The first-order valence-corrected chi connectivity index (χ1v) is 11.0. The summed E-state index contributed by atoms with van der Waals surface area (Å²) in [6.07, 6.45) is 2.26. The molecule has 7 heteroatoms. The number of nitrogens with zero attached hydrogens (tertiary/aromatic N) is 3. The Morgan fingerprint density at radius 2 is 1.92 bits per heavy atom. The zero-order chi connectivity index (χ0) is 17.4. The van der Waals surface area contributed by atoms with Crippen molar-refractivity contribution in [1.82, 2.24) is 15.2 Å². The molecule has 2 fully saturated rings. The highest BCUT2D eigenvalue weighted by Gasteiger charge is 2.32. The third-order valence-corrected chi connectivity index (χ3v) is 7.84. The van der Waals surface area contributed by atoms with Gasteiger partial charge in [0, 0.05) is 26.2 Å². The molecule has 0 aromatic carbocycles. The van der Waals surface area contributed by atoms with Crippen molar-refractivity contribution in [3.05, 3.63) is 10.9 Å². The number of hydrogen-bond acceptors (Lipinski definition) is 6. The summed E-state index contributed by atoms with van der Waals surface area (Å²) in [6, 6.07) is 2.06. The van der Waals surface area contributed by atoms with Crippen molar-refractivity contribution >= 4 is 43.2 Å². The first-order chi connectivity index (χ1) is 12.2. The standard InChI is InChI=1S/C18H26N4OS2/c1-3-21(4-2)18-20-16-14(25-18)9-15(24-16)17(23)22-7-5-12-10-19-11-13(12)6-8-22/h9,12-13,19H,3-8,10-11H2,1-2H3/t12-,13+. The zero-order valence-corrected chi connectivity index (χ0v) is 16.6. The number of carbonyl (C=O) groups is 1. The molecule has 136 valence electrons. The van der Waals surface area contributed by atoms with Gasteiger partial charge < -0.3 is 15.1 Å². The number of hydrogen-bond donors (Lipinski definition) is 1. The molecule has 2 aliphatic rings. The molecule has 0 aliphatic carbocycles. The van der Waals surface area contributed by atoms with Crippen molar-refractivity contribution in [2.75, 3.05) is 44.2 Å². The van der Waals surface area contributed by atoms with E-state index in [1.807, 2.05) is 0 Å². The highest BCUT2D eigenvalue weighted by Crippen LogP contribution is 2.35. The van der Waals surface area contributed by atoms with Gasteiger partial charge in [-0.2, -0.15) is 0 Å². The summed E-state index contributed by atoms with van der Waals surface area (Å²) in [7, 11) is 0. The van der Waals surface area contributed by atoms with Crippen LogP contribution in [-0.4, -0.2) is 55.1 Å². The van der Waals surface area contributed by atoms with Gasteiger partial charge in [-0.3, -0.25) is 4.79 Å². The number of aromatic nitrogens is 1. The van der Waals surface area contributed by atoms with E-state index < -0.39 is 0 Å². The molecule has 0 spiro atoms. The molecule has 1 N–H and O–H groups in total. The number of anilines is 1. The number of likely N-dealkylation sites (tertiary alicyclic amines) is 1. The lowest BCUT2D eigenvalue weighted by molar-refractivity contribution is 0.0763. The van der Waals surface area contributed by atoms with Crippen LogP contribution in [-0.2, 0) is 0 Å². The first kappa shape index (κ1) is 17.2. The normalized spacial score (nSPS) is 23.7. The van der Waals surface area contributed by atoms with Gasteiger partial charge in [0.05, 0.1) is 9.58 Å². The van der Waals surface area contributed by atoms with Crippen LogP contribution in [0.2, 0.25) is 0 Å². The van der Waals surface area contributed by atoms with Crippen molar-refractivity contribution in [2.45, 2.75) is 26.7 Å². The van der Waals surface area contributed by atoms with Crippen LogP contribution in [0.4, 0.5) is 5.13 Å². The van der Waals surface area contributed by atoms with Gasteiger partial charge in [-0.25, -0.2) is 4.98 Å². The van der Waals surface area contributed by atoms with Crippen LogP contribution in [0.15, 0.2) is 6.07 Å². The number of carbonyl (C=O) groups excluding carboxylic acids is 1. The average molecular weight is 379 g/mol. The summed E-state index contributed by atoms with van der Waals surface area (Å²) in [5, 5.41) is 4.56. The van der Waals surface area contributed by atoms with Crippen LogP contribution >= 0.6 is 22.7 Å². The topological polar surface area (TPSA) is 48.5 Å². The Kier molecular flexibility index (Phi) is 4.97. The number of fused-ring (bicyclic) bond motifs is 2. The summed E-state index contributed by atoms with van der Waals surface area (Å²) in [5.74, 6) is 1.71. The molecule has 5 nitrogen and oxygen atoms in total. The number of amides is 1. The molecule has 0 radical (unpaired) electrons. The average Bonchev–Trinajstić information content (AvgIpc) is 3.28. The third-order valence-electron chi connectivity index (χ3n) is 5.63. The molecule has 1 amide bonds. The van der Waals surface area contributed by atoms with Gasteiger partial charge in [-0.05, 0) is 57.7 Å². The van der Waals surface area contributed by atoms with Gasteiger partial charge in [0.15, 0.2) is 5.13 Å². The lowest BCUT2D eigenvalue weighted by atomic mass is 9.92. The van der Waals surface area contributed by atoms with E-state index in [1.54, 1.807) is 22.7 Å². The minimum absolute atomic E-state index is 0.201. The van der Waals surface area contributed by atoms with Crippen molar-refractivity contribution in [2.24, 2.45) is 11.8 Å². The maximum atomic E-state index is 13.0. The Bertz CT molecular complexity index is 706. The van der Waals surface area contributed by atoms with Gasteiger partial charge in [0.25, 0.3) is 5.91 Å². The van der Waals surface area contributed by atoms with Crippen LogP contribution in [0.3, 0.4) is 0 Å². The van der Waals surface area contributed by atoms with E-state index in [2.05, 4.69) is 35.0 Å². The smallest absolute Gasteiger partial charge is 0.264 e. The predicted octanol–water partition coefficient (Wildman–Crippen LogP) is 3.28. The van der Waals surface area contributed by atoms with Crippen LogP contribution < -0.4 is 10.2 Å². The number of thiazole rings is 1. The largest absolute Gasteiger partial charge is 0.349 e. The minimum Gasteiger partial charge on any atom is -0.349 e. The van der Waals surface area contributed by atoms with Crippen molar-refractivity contribution < 1.29 is 4.79 Å². The highest BCUT2D eigenvalue weighted by molar-refractivity contribution is 7.29. The maximum absolute atomic E-state index is 13.0. The molecule has 2 saturated heterocycles. The second-order valence-corrected chi connectivity index (χ2v) is 9.04. The summed E-state index contributed by atoms with van der Waals surface area (Å²) in [5.41, 5.74) is 0. The monoisotopic (exact) mass is 378 g/mol. The molecule has 0 bridgehead atoms. The van der Waals surface area contributed by atoms with Crippen molar-refractivity contribution in [1.29, 1.82) is 0 Å². The molecular weight excluding hydrogens is 352 g/mol. The SMILES string of the molecule is CCN(CC)c1nc2sc(C(=O)N3CC[C@@H]4CNC[C@@H]4CC3)cc2s1. The molecule has 2 aromatic heterocycles. The second kappa shape index (κ2) is 7.21. The van der Waals surface area contributed by atoms with E-state index in [-0.39, 0.29) is 5.91 Å². The summed E-state index contributed by atoms with van der Waals surface area (Å²) < 4.78 is 1.14. The van der Waals surface area contributed by atoms with Crippen LogP contribution in [0.1, 0.15) is 36.4 Å². The number of thiophene rings is 1. The first-order valence-electron chi connectivity index (χ1n) is 9.34. The van der Waals surface area contributed by atoms with E-state index in [4.69, 9.17) is 4.98 Å². The molecular formula is C18H26N4OS2. The van der Waals surface area contributed by atoms with E-state index in [0.717, 1.165) is 83.5 Å². The lowest BCUT2D eigenvalue weighted by Gasteiger charge is -2.20. The Morgan fingerprint density at radius 3 is 2.52 bits per heavy atom.